The van der Waals surface area contributed by atoms with E-state index < -0.39 is 11.7 Å². The highest BCUT2D eigenvalue weighted by Gasteiger charge is 2.50. The molecule has 2 fully saturated rings. The number of likely N-dealkylation sites (tertiary alicyclic amines) is 1. The molecule has 1 atom stereocenters. The van der Waals surface area contributed by atoms with Gasteiger partial charge in [0.15, 0.2) is 6.10 Å². The van der Waals surface area contributed by atoms with Crippen molar-refractivity contribution in [3.05, 3.63) is 76.9 Å². The van der Waals surface area contributed by atoms with Crippen LogP contribution in [0.2, 0.25) is 0 Å². The summed E-state index contributed by atoms with van der Waals surface area (Å²) in [4.78, 5) is 27.7. The van der Waals surface area contributed by atoms with Crippen molar-refractivity contribution in [1.29, 1.82) is 0 Å². The maximum atomic E-state index is 13.2. The number of ether oxygens (including phenoxy) is 1. The van der Waals surface area contributed by atoms with E-state index in [0.29, 0.717) is 5.57 Å². The molecule has 2 aromatic carbocycles. The predicted molar refractivity (Wildman–Crippen MR) is 106 cm³/mol. The first-order valence-corrected chi connectivity index (χ1v) is 10.1. The number of nitrogens with zero attached hydrogens (tertiary/aromatic N) is 1. The van der Waals surface area contributed by atoms with Gasteiger partial charge in [0.1, 0.15) is 0 Å². The van der Waals surface area contributed by atoms with Gasteiger partial charge >= 0.3 is 0 Å². The number of carbonyl (C=O) groups is 2. The molecule has 0 bridgehead atoms. The molecule has 28 heavy (non-hydrogen) atoms. The van der Waals surface area contributed by atoms with Crippen molar-refractivity contribution in [3.63, 3.8) is 0 Å². The highest BCUT2D eigenvalue weighted by molar-refractivity contribution is 6.18. The molecule has 2 heterocycles. The van der Waals surface area contributed by atoms with E-state index in [4.69, 9.17) is 4.74 Å². The van der Waals surface area contributed by atoms with Crippen LogP contribution in [0.15, 0.2) is 60.2 Å². The normalized spacial score (nSPS) is 23.2. The summed E-state index contributed by atoms with van der Waals surface area (Å²) in [6.07, 6.45) is 6.20. The Bertz CT molecular complexity index is 957. The second-order valence-electron chi connectivity index (χ2n) is 7.95. The minimum Gasteiger partial charge on any atom is -0.352 e. The molecular formula is C24H23NO3. The van der Waals surface area contributed by atoms with Crippen LogP contribution >= 0.6 is 0 Å². The molecule has 2 aliphatic heterocycles. The molecule has 2 aromatic rings. The third-order valence-electron chi connectivity index (χ3n) is 6.22. The van der Waals surface area contributed by atoms with E-state index in [0.717, 1.165) is 42.4 Å². The molecular weight excluding hydrogens is 350 g/mol. The predicted octanol–water partition coefficient (Wildman–Crippen LogP) is 4.20. The van der Waals surface area contributed by atoms with Gasteiger partial charge in [0, 0.05) is 0 Å². The van der Waals surface area contributed by atoms with E-state index in [1.165, 1.54) is 11.3 Å². The van der Waals surface area contributed by atoms with Crippen molar-refractivity contribution in [2.24, 2.45) is 0 Å². The zero-order chi connectivity index (χ0) is 19.1. The number of rotatable bonds is 2. The highest BCUT2D eigenvalue weighted by atomic mass is 16.5. The van der Waals surface area contributed by atoms with Crippen molar-refractivity contribution in [2.45, 2.75) is 50.4 Å². The van der Waals surface area contributed by atoms with Crippen molar-refractivity contribution < 1.29 is 14.3 Å². The fourth-order valence-corrected chi connectivity index (χ4v) is 4.81. The third kappa shape index (κ3) is 2.71. The quantitative estimate of drug-likeness (QED) is 0.742. The molecule has 1 spiro atoms. The Kier molecular flexibility index (Phi) is 4.17. The zero-order valence-corrected chi connectivity index (χ0v) is 15.8. The molecule has 0 aromatic heterocycles. The van der Waals surface area contributed by atoms with Crippen molar-refractivity contribution in [3.8, 4) is 0 Å². The van der Waals surface area contributed by atoms with Crippen LogP contribution in [0.5, 0.6) is 0 Å². The van der Waals surface area contributed by atoms with Gasteiger partial charge in [0.2, 0.25) is 0 Å². The highest BCUT2D eigenvalue weighted by Crippen LogP contribution is 2.47. The molecule has 1 aliphatic carbocycles. The summed E-state index contributed by atoms with van der Waals surface area (Å²) in [5.74, 6) is -0.473. The minimum absolute atomic E-state index is 0.235. The van der Waals surface area contributed by atoms with Crippen molar-refractivity contribution in [1.82, 2.24) is 4.90 Å². The molecule has 1 unspecified atom stereocenters. The first-order valence-electron chi connectivity index (χ1n) is 10.1. The second kappa shape index (κ2) is 6.71. The van der Waals surface area contributed by atoms with Crippen LogP contribution in [0.25, 0.3) is 6.08 Å². The summed E-state index contributed by atoms with van der Waals surface area (Å²) in [5, 5.41) is 0. The van der Waals surface area contributed by atoms with Crippen LogP contribution < -0.4 is 0 Å². The summed E-state index contributed by atoms with van der Waals surface area (Å²) in [6, 6.07) is 17.8. The minimum atomic E-state index is -0.804. The zero-order valence-electron chi connectivity index (χ0n) is 15.8. The van der Waals surface area contributed by atoms with E-state index in [1.807, 2.05) is 54.6 Å². The Balaban J connectivity index is 1.56. The summed E-state index contributed by atoms with van der Waals surface area (Å²) in [6.45, 7) is 0.282. The lowest BCUT2D eigenvalue weighted by molar-refractivity contribution is -0.154. The smallest absolute Gasteiger partial charge is 0.263 e. The molecule has 1 saturated heterocycles. The Morgan fingerprint density at radius 1 is 0.929 bits per heavy atom. The fraction of sp³-hybridized carbons (Fsp3) is 0.333. The molecule has 4 heteroatoms. The lowest BCUT2D eigenvalue weighted by Crippen LogP contribution is -2.40. The van der Waals surface area contributed by atoms with E-state index in [-0.39, 0.29) is 18.4 Å². The van der Waals surface area contributed by atoms with Gasteiger partial charge in [0.05, 0.1) is 17.7 Å². The summed E-state index contributed by atoms with van der Waals surface area (Å²) < 4.78 is 6.56. The number of hydrogen-bond donors (Lipinski definition) is 0. The van der Waals surface area contributed by atoms with E-state index in [9.17, 15) is 9.59 Å². The first-order chi connectivity index (χ1) is 13.7. The van der Waals surface area contributed by atoms with Gasteiger partial charge in [-0.05, 0) is 35.6 Å². The summed E-state index contributed by atoms with van der Waals surface area (Å²) >= 11 is 0. The maximum Gasteiger partial charge on any atom is 0.263 e. The first kappa shape index (κ1) is 17.4. The molecule has 3 aliphatic rings. The molecule has 5 rings (SSSR count). The fourth-order valence-electron chi connectivity index (χ4n) is 4.81. The molecule has 0 N–H and O–H groups in total. The van der Waals surface area contributed by atoms with E-state index in [2.05, 4.69) is 6.07 Å². The molecule has 142 valence electrons. The standard InChI is InChI=1S/C24H23NO3/c26-22-19-15-18-11-5-6-12-20(18)24(13-7-2-8-14-24)28-21(19)23(27)25(22)16-17-9-3-1-4-10-17/h1,3-6,9-12,15,21H,2,7-8,13-14,16H2. The number of benzene rings is 2. The average molecular weight is 373 g/mol. The Hall–Kier alpha value is -2.72. The lowest BCUT2D eigenvalue weighted by atomic mass is 9.78. The van der Waals surface area contributed by atoms with Gasteiger partial charge in [-0.25, -0.2) is 0 Å². The number of hydrogen-bond acceptors (Lipinski definition) is 3. The van der Waals surface area contributed by atoms with Gasteiger partial charge in [-0.2, -0.15) is 0 Å². The molecule has 4 nitrogen and oxygen atoms in total. The van der Waals surface area contributed by atoms with Crippen LogP contribution in [-0.4, -0.2) is 22.8 Å². The third-order valence-corrected chi connectivity index (χ3v) is 6.22. The van der Waals surface area contributed by atoms with Crippen LogP contribution in [0, 0.1) is 0 Å². The SMILES string of the molecule is O=C1C2=Cc3ccccc3C3(CCCCC3)OC2C(=O)N1Cc1ccccc1. The maximum absolute atomic E-state index is 13.2. The van der Waals surface area contributed by atoms with Crippen LogP contribution in [0.4, 0.5) is 0 Å². The average Bonchev–Trinajstić information content (AvgIpc) is 2.87. The largest absolute Gasteiger partial charge is 0.352 e. The van der Waals surface area contributed by atoms with Crippen LogP contribution in [0.1, 0.15) is 48.8 Å². The van der Waals surface area contributed by atoms with Crippen molar-refractivity contribution >= 4 is 17.9 Å². The molecule has 2 amide bonds. The van der Waals surface area contributed by atoms with E-state index >= 15 is 0 Å². The topological polar surface area (TPSA) is 46.6 Å². The van der Waals surface area contributed by atoms with Crippen LogP contribution in [0.3, 0.4) is 0 Å². The Morgan fingerprint density at radius 3 is 2.43 bits per heavy atom. The van der Waals surface area contributed by atoms with Crippen molar-refractivity contribution in [2.75, 3.05) is 0 Å². The van der Waals surface area contributed by atoms with Gasteiger partial charge in [-0.3, -0.25) is 14.5 Å². The monoisotopic (exact) mass is 373 g/mol. The van der Waals surface area contributed by atoms with E-state index in [1.54, 1.807) is 0 Å². The summed E-state index contributed by atoms with van der Waals surface area (Å²) in [7, 11) is 0. The number of amides is 2. The van der Waals surface area contributed by atoms with Gasteiger partial charge in [-0.1, -0.05) is 73.9 Å². The number of fused-ring (bicyclic) bond motifs is 3. The lowest BCUT2D eigenvalue weighted by Gasteiger charge is -2.39. The van der Waals surface area contributed by atoms with Gasteiger partial charge in [0.25, 0.3) is 11.8 Å². The Morgan fingerprint density at radius 2 is 1.64 bits per heavy atom. The molecule has 0 radical (unpaired) electrons. The number of carbonyl (C=O) groups excluding carboxylic acids is 2. The second-order valence-corrected chi connectivity index (χ2v) is 7.95. The van der Waals surface area contributed by atoms with Gasteiger partial charge in [-0.15, -0.1) is 0 Å². The number of imide groups is 1. The van der Waals surface area contributed by atoms with Gasteiger partial charge < -0.3 is 4.74 Å². The molecule has 1 saturated carbocycles. The summed E-state index contributed by atoms with van der Waals surface area (Å²) in [5.41, 5.74) is 3.05. The Labute approximate surface area is 164 Å². The van der Waals surface area contributed by atoms with Crippen LogP contribution in [-0.2, 0) is 26.5 Å².